The Hall–Kier alpha value is -2.79. The minimum absolute atomic E-state index is 0.0990. The van der Waals surface area contributed by atoms with Crippen molar-refractivity contribution in [2.24, 2.45) is 10.3 Å². The van der Waals surface area contributed by atoms with E-state index in [0.717, 1.165) is 20.7 Å². The predicted molar refractivity (Wildman–Crippen MR) is 114 cm³/mol. The second kappa shape index (κ2) is 10.1. The summed E-state index contributed by atoms with van der Waals surface area (Å²) in [6.07, 6.45) is 1.79. The van der Waals surface area contributed by atoms with Gasteiger partial charge in [-0.3, -0.25) is 14.5 Å². The molecule has 2 rings (SSSR count). The number of Topliss-reactive ketones (excluding diaryl/α,β-unsaturated/α-hetero) is 1. The van der Waals surface area contributed by atoms with E-state index in [4.69, 9.17) is 9.68 Å². The highest BCUT2D eigenvalue weighted by Crippen LogP contribution is 2.22. The Labute approximate surface area is 177 Å². The zero-order valence-electron chi connectivity index (χ0n) is 16.5. The van der Waals surface area contributed by atoms with Crippen LogP contribution >= 0.6 is 23.9 Å². The minimum atomic E-state index is -0.814. The van der Waals surface area contributed by atoms with Crippen LogP contribution in [0.3, 0.4) is 0 Å². The maximum absolute atomic E-state index is 12.2. The molecule has 0 radical (unpaired) electrons. The zero-order chi connectivity index (χ0) is 21.6. The van der Waals surface area contributed by atoms with Crippen molar-refractivity contribution in [2.45, 2.75) is 13.8 Å². The standard InChI is InChI=1S/C18H20N4O5S2/c1-11-10-15(13-8-6-7-9-14(13)16(11)23)20-27-18(25)22(4)29-21(3)17(24)26-19-12(2)28-5/h6-10H,1-5H3. The van der Waals surface area contributed by atoms with Gasteiger partial charge in [0.1, 0.15) is 10.8 Å². The Morgan fingerprint density at radius 3 is 2.24 bits per heavy atom. The van der Waals surface area contributed by atoms with Crippen molar-refractivity contribution in [1.82, 2.24) is 8.61 Å². The maximum atomic E-state index is 12.2. The molecule has 0 saturated heterocycles. The molecule has 0 N–H and O–H groups in total. The molecule has 1 aliphatic rings. The monoisotopic (exact) mass is 436 g/mol. The predicted octanol–water partition coefficient (Wildman–Crippen LogP) is 3.93. The van der Waals surface area contributed by atoms with E-state index >= 15 is 0 Å². The molecule has 11 heteroatoms. The fraction of sp³-hybridized carbons (Fsp3) is 0.278. The minimum Gasteiger partial charge on any atom is -0.297 e. The summed E-state index contributed by atoms with van der Waals surface area (Å²) in [4.78, 5) is 46.0. The Balaban J connectivity index is 2.01. The second-order valence-electron chi connectivity index (χ2n) is 5.78. The second-order valence-corrected chi connectivity index (χ2v) is 8.04. The van der Waals surface area contributed by atoms with Crippen molar-refractivity contribution in [2.75, 3.05) is 20.4 Å². The highest BCUT2D eigenvalue weighted by Gasteiger charge is 2.23. The molecular weight excluding hydrogens is 416 g/mol. The van der Waals surface area contributed by atoms with Gasteiger partial charge in [0.2, 0.25) is 0 Å². The molecule has 0 aromatic heterocycles. The van der Waals surface area contributed by atoms with E-state index in [-0.39, 0.29) is 5.78 Å². The molecule has 0 unspecified atom stereocenters. The number of carbonyl (C=O) groups excluding carboxylic acids is 3. The number of allylic oxidation sites excluding steroid dienone is 2. The van der Waals surface area contributed by atoms with Crippen molar-refractivity contribution in [3.63, 3.8) is 0 Å². The van der Waals surface area contributed by atoms with Crippen LogP contribution in [-0.4, -0.2) is 57.7 Å². The summed E-state index contributed by atoms with van der Waals surface area (Å²) in [6.45, 7) is 3.36. The number of rotatable bonds is 4. The van der Waals surface area contributed by atoms with Crippen LogP contribution in [0.4, 0.5) is 9.59 Å². The number of nitrogens with zero attached hydrogens (tertiary/aromatic N) is 4. The molecule has 1 aromatic carbocycles. The molecule has 0 spiro atoms. The van der Waals surface area contributed by atoms with Crippen molar-refractivity contribution in [3.05, 3.63) is 47.0 Å². The number of ketones is 1. The molecule has 0 fully saturated rings. The van der Waals surface area contributed by atoms with E-state index in [9.17, 15) is 14.4 Å². The third-order valence-corrected chi connectivity index (χ3v) is 5.14. The smallest absolute Gasteiger partial charge is 0.297 e. The van der Waals surface area contributed by atoms with Gasteiger partial charge in [0.25, 0.3) is 0 Å². The van der Waals surface area contributed by atoms with Gasteiger partial charge in [-0.15, -0.1) is 11.8 Å². The Morgan fingerprint density at radius 1 is 1.03 bits per heavy atom. The lowest BCUT2D eigenvalue weighted by atomic mass is 9.90. The maximum Gasteiger partial charge on any atom is 0.447 e. The number of hydrogen-bond donors (Lipinski definition) is 0. The summed E-state index contributed by atoms with van der Waals surface area (Å²) in [5.41, 5.74) is 1.92. The Morgan fingerprint density at radius 2 is 1.62 bits per heavy atom. The largest absolute Gasteiger partial charge is 0.447 e. The molecule has 9 nitrogen and oxygen atoms in total. The number of amides is 2. The summed E-state index contributed by atoms with van der Waals surface area (Å²) in [6, 6.07) is 6.93. The van der Waals surface area contributed by atoms with Crippen molar-refractivity contribution < 1.29 is 24.1 Å². The van der Waals surface area contributed by atoms with E-state index in [1.54, 1.807) is 50.4 Å². The van der Waals surface area contributed by atoms with Gasteiger partial charge >= 0.3 is 12.2 Å². The van der Waals surface area contributed by atoms with E-state index in [1.165, 1.54) is 25.9 Å². The van der Waals surface area contributed by atoms with Crippen LogP contribution in [0.1, 0.15) is 29.8 Å². The quantitative estimate of drug-likeness (QED) is 0.232. The summed E-state index contributed by atoms with van der Waals surface area (Å²) in [5, 5.41) is 8.09. The molecular formula is C18H20N4O5S2. The average Bonchev–Trinajstić information content (AvgIpc) is 2.72. The number of thioether (sulfide) groups is 1. The molecule has 1 aliphatic carbocycles. The lowest BCUT2D eigenvalue weighted by molar-refractivity contribution is 0.103. The van der Waals surface area contributed by atoms with Crippen molar-refractivity contribution >= 4 is 52.6 Å². The van der Waals surface area contributed by atoms with E-state index < -0.39 is 12.2 Å². The fourth-order valence-corrected chi connectivity index (χ4v) is 2.81. The van der Waals surface area contributed by atoms with Gasteiger partial charge in [-0.1, -0.05) is 34.6 Å². The molecule has 0 heterocycles. The molecule has 154 valence electrons. The van der Waals surface area contributed by atoms with Gasteiger partial charge < -0.3 is 0 Å². The summed E-state index contributed by atoms with van der Waals surface area (Å²) >= 11 is 2.09. The van der Waals surface area contributed by atoms with Crippen molar-refractivity contribution in [3.8, 4) is 0 Å². The van der Waals surface area contributed by atoms with Crippen LogP contribution in [0.25, 0.3) is 0 Å². The number of benzene rings is 1. The molecule has 29 heavy (non-hydrogen) atoms. The van der Waals surface area contributed by atoms with Crippen LogP contribution < -0.4 is 0 Å². The average molecular weight is 437 g/mol. The van der Waals surface area contributed by atoms with Crippen LogP contribution in [-0.2, 0) is 9.68 Å². The zero-order valence-corrected chi connectivity index (χ0v) is 18.2. The first-order valence-corrected chi connectivity index (χ1v) is 10.3. The Kier molecular flexibility index (Phi) is 7.85. The van der Waals surface area contributed by atoms with Gasteiger partial charge in [0, 0.05) is 25.2 Å². The van der Waals surface area contributed by atoms with Crippen molar-refractivity contribution in [1.29, 1.82) is 0 Å². The molecule has 0 atom stereocenters. The Bertz CT molecular complexity index is 913. The van der Waals surface area contributed by atoms with Crippen LogP contribution in [0.5, 0.6) is 0 Å². The van der Waals surface area contributed by atoms with Crippen LogP contribution in [0, 0.1) is 0 Å². The number of hydrogen-bond acceptors (Lipinski definition) is 9. The van der Waals surface area contributed by atoms with E-state index in [2.05, 4.69) is 10.3 Å². The van der Waals surface area contributed by atoms with Gasteiger partial charge in [-0.25, -0.2) is 18.2 Å². The molecule has 0 aliphatic heterocycles. The molecule has 1 aromatic rings. The number of fused-ring (bicyclic) bond motifs is 1. The highest BCUT2D eigenvalue weighted by molar-refractivity contribution is 8.13. The summed E-state index contributed by atoms with van der Waals surface area (Å²) in [5.74, 6) is -0.0990. The molecule has 0 saturated carbocycles. The number of carbonyl (C=O) groups is 3. The normalized spacial score (nSPS) is 14.8. The molecule has 0 bridgehead atoms. The SMILES string of the molecule is CSC(C)=NOC(=O)N(C)SN(C)C(=O)ON=C1C=C(C)C(=O)c2ccccc21. The first-order valence-electron chi connectivity index (χ1n) is 8.31. The van der Waals surface area contributed by atoms with Gasteiger partial charge in [0.05, 0.1) is 12.1 Å². The van der Waals surface area contributed by atoms with Gasteiger partial charge in [-0.2, -0.15) is 0 Å². The number of oxime groups is 2. The lowest BCUT2D eigenvalue weighted by Gasteiger charge is -2.19. The van der Waals surface area contributed by atoms with Crippen LogP contribution in [0.15, 0.2) is 46.2 Å². The lowest BCUT2D eigenvalue weighted by Crippen LogP contribution is -2.29. The molecule has 2 amide bonds. The fourth-order valence-electron chi connectivity index (χ4n) is 2.13. The van der Waals surface area contributed by atoms with E-state index in [1.807, 2.05) is 0 Å². The third-order valence-electron chi connectivity index (χ3n) is 3.69. The first-order chi connectivity index (χ1) is 13.7. The first kappa shape index (κ1) is 22.5. The van der Waals surface area contributed by atoms with Crippen LogP contribution in [0.2, 0.25) is 0 Å². The van der Waals surface area contributed by atoms with Gasteiger partial charge in [0.15, 0.2) is 5.78 Å². The summed E-state index contributed by atoms with van der Waals surface area (Å²) in [7, 11) is 2.83. The van der Waals surface area contributed by atoms with Gasteiger partial charge in [-0.05, 0) is 31.8 Å². The highest BCUT2D eigenvalue weighted by atomic mass is 32.2. The topological polar surface area (TPSA) is 101 Å². The summed E-state index contributed by atoms with van der Waals surface area (Å²) < 4.78 is 2.14. The third kappa shape index (κ3) is 5.84. The van der Waals surface area contributed by atoms with E-state index in [0.29, 0.717) is 27.5 Å².